The van der Waals surface area contributed by atoms with Crippen molar-refractivity contribution in [1.29, 1.82) is 0 Å². The number of aromatic nitrogens is 7. The Hall–Kier alpha value is -3.22. The summed E-state index contributed by atoms with van der Waals surface area (Å²) in [7, 11) is 1.98. The third kappa shape index (κ3) is 2.60. The summed E-state index contributed by atoms with van der Waals surface area (Å²) in [6.45, 7) is 2.66. The van der Waals surface area contributed by atoms with Crippen LogP contribution in [0.2, 0.25) is 0 Å². The minimum absolute atomic E-state index is 0.681. The lowest BCUT2D eigenvalue weighted by molar-refractivity contribution is 0.684. The Morgan fingerprint density at radius 3 is 2.88 bits per heavy atom. The predicted molar refractivity (Wildman–Crippen MR) is 89.6 cm³/mol. The van der Waals surface area contributed by atoms with Crippen molar-refractivity contribution in [2.75, 3.05) is 0 Å². The second kappa shape index (κ2) is 5.77. The Kier molecular flexibility index (Phi) is 3.45. The zero-order valence-corrected chi connectivity index (χ0v) is 13.5. The fourth-order valence-corrected chi connectivity index (χ4v) is 2.67. The van der Waals surface area contributed by atoms with Crippen LogP contribution in [0, 0.1) is 6.92 Å². The molecule has 3 heterocycles. The highest BCUT2D eigenvalue weighted by molar-refractivity contribution is 5.54. The molecule has 3 aromatic heterocycles. The Morgan fingerprint density at radius 2 is 2.12 bits per heavy atom. The van der Waals surface area contributed by atoms with Gasteiger partial charge in [0.1, 0.15) is 24.2 Å². The first-order valence-corrected chi connectivity index (χ1v) is 7.66. The van der Waals surface area contributed by atoms with Crippen LogP contribution in [0.5, 0.6) is 0 Å². The summed E-state index contributed by atoms with van der Waals surface area (Å²) in [6, 6.07) is 8.30. The van der Waals surface area contributed by atoms with E-state index in [1.807, 2.05) is 41.6 Å². The normalized spacial score (nSPS) is 11.1. The van der Waals surface area contributed by atoms with Crippen LogP contribution in [-0.4, -0.2) is 33.9 Å². The van der Waals surface area contributed by atoms with Crippen molar-refractivity contribution in [3.05, 3.63) is 66.9 Å². The van der Waals surface area contributed by atoms with Crippen LogP contribution >= 0.6 is 0 Å². The number of hydrogen-bond donors (Lipinski definition) is 0. The monoisotopic (exact) mass is 319 g/mol. The highest BCUT2D eigenvalue weighted by Gasteiger charge is 2.12. The molecule has 0 radical (unpaired) electrons. The van der Waals surface area contributed by atoms with Gasteiger partial charge in [0.25, 0.3) is 0 Å². The molecule has 4 aromatic rings. The van der Waals surface area contributed by atoms with Gasteiger partial charge in [-0.15, -0.1) is 0 Å². The molecule has 24 heavy (non-hydrogen) atoms. The van der Waals surface area contributed by atoms with Gasteiger partial charge in [-0.3, -0.25) is 4.57 Å². The summed E-state index contributed by atoms with van der Waals surface area (Å²) in [6.07, 6.45) is 9.00. The van der Waals surface area contributed by atoms with Gasteiger partial charge in [0.15, 0.2) is 5.82 Å². The molecule has 1 aromatic carbocycles. The molecule has 7 heteroatoms. The average molecular weight is 319 g/mol. The number of imidazole rings is 2. The summed E-state index contributed by atoms with van der Waals surface area (Å²) in [5.41, 5.74) is 3.06. The minimum atomic E-state index is 0.681. The number of hydrogen-bond acceptors (Lipinski definition) is 4. The van der Waals surface area contributed by atoms with Crippen molar-refractivity contribution < 1.29 is 0 Å². The van der Waals surface area contributed by atoms with Gasteiger partial charge in [0, 0.05) is 31.3 Å². The van der Waals surface area contributed by atoms with E-state index in [1.165, 1.54) is 0 Å². The fourth-order valence-electron chi connectivity index (χ4n) is 2.67. The van der Waals surface area contributed by atoms with Crippen molar-refractivity contribution in [2.45, 2.75) is 13.5 Å². The lowest BCUT2D eigenvalue weighted by Crippen LogP contribution is -2.02. The molecule has 0 aliphatic carbocycles. The first-order valence-electron chi connectivity index (χ1n) is 7.66. The number of aryl methyl sites for hydroxylation is 2. The lowest BCUT2D eigenvalue weighted by Gasteiger charge is -2.09. The van der Waals surface area contributed by atoms with Crippen LogP contribution in [-0.2, 0) is 13.6 Å². The molecule has 0 N–H and O–H groups in total. The molecule has 0 amide bonds. The van der Waals surface area contributed by atoms with Crippen LogP contribution in [0.25, 0.3) is 17.2 Å². The van der Waals surface area contributed by atoms with Gasteiger partial charge < -0.3 is 4.57 Å². The SMILES string of the molecule is Cc1nc(-c2nccn2-c2cccc(Cn3cncn3)c2)cn1C. The molecule has 0 spiro atoms. The maximum Gasteiger partial charge on any atom is 0.164 e. The largest absolute Gasteiger partial charge is 0.337 e. The maximum absolute atomic E-state index is 4.58. The Balaban J connectivity index is 1.71. The van der Waals surface area contributed by atoms with E-state index in [9.17, 15) is 0 Å². The molecule has 4 rings (SSSR count). The van der Waals surface area contributed by atoms with Crippen molar-refractivity contribution >= 4 is 0 Å². The summed E-state index contributed by atoms with van der Waals surface area (Å²) in [5.74, 6) is 1.79. The van der Waals surface area contributed by atoms with E-state index in [4.69, 9.17) is 0 Å². The van der Waals surface area contributed by atoms with Gasteiger partial charge in [0.05, 0.1) is 6.54 Å². The topological polar surface area (TPSA) is 66.3 Å². The molecule has 0 fully saturated rings. The van der Waals surface area contributed by atoms with Gasteiger partial charge in [-0.05, 0) is 24.6 Å². The second-order valence-electron chi connectivity index (χ2n) is 5.67. The van der Waals surface area contributed by atoms with E-state index < -0.39 is 0 Å². The molecule has 0 saturated carbocycles. The van der Waals surface area contributed by atoms with E-state index in [0.29, 0.717) is 6.54 Å². The average Bonchev–Trinajstić information content (AvgIpc) is 3.30. The predicted octanol–water partition coefficient (Wildman–Crippen LogP) is 2.22. The van der Waals surface area contributed by atoms with Crippen molar-refractivity contribution in [1.82, 2.24) is 33.9 Å². The standard InChI is InChI=1S/C17H17N7/c1-13-21-16(10-22(13)2)17-19-6-7-24(17)15-5-3-4-14(8-15)9-23-12-18-11-20-23/h3-8,10-12H,9H2,1-2H3. The molecule has 0 aliphatic rings. The second-order valence-corrected chi connectivity index (χ2v) is 5.67. The van der Waals surface area contributed by atoms with Crippen molar-refractivity contribution in [3.63, 3.8) is 0 Å². The highest BCUT2D eigenvalue weighted by Crippen LogP contribution is 2.21. The minimum Gasteiger partial charge on any atom is -0.337 e. The van der Waals surface area contributed by atoms with Crippen LogP contribution in [0.15, 0.2) is 55.5 Å². The Bertz CT molecular complexity index is 943. The quantitative estimate of drug-likeness (QED) is 0.578. The Morgan fingerprint density at radius 1 is 1.21 bits per heavy atom. The van der Waals surface area contributed by atoms with Gasteiger partial charge in [-0.25, -0.2) is 19.6 Å². The molecular weight excluding hydrogens is 302 g/mol. The van der Waals surface area contributed by atoms with E-state index in [0.717, 1.165) is 28.6 Å². The highest BCUT2D eigenvalue weighted by atomic mass is 15.3. The van der Waals surface area contributed by atoms with Gasteiger partial charge >= 0.3 is 0 Å². The first kappa shape index (κ1) is 14.4. The molecule has 120 valence electrons. The lowest BCUT2D eigenvalue weighted by atomic mass is 10.2. The van der Waals surface area contributed by atoms with Crippen LogP contribution in [0.1, 0.15) is 11.4 Å². The Labute approximate surface area is 139 Å². The molecule has 7 nitrogen and oxygen atoms in total. The third-order valence-corrected chi connectivity index (χ3v) is 3.98. The zero-order chi connectivity index (χ0) is 16.5. The van der Waals surface area contributed by atoms with Gasteiger partial charge in [-0.1, -0.05) is 12.1 Å². The summed E-state index contributed by atoms with van der Waals surface area (Å²) < 4.78 is 5.85. The third-order valence-electron chi connectivity index (χ3n) is 3.98. The fraction of sp³-hybridized carbons (Fsp3) is 0.176. The van der Waals surface area contributed by atoms with Crippen LogP contribution < -0.4 is 0 Å². The van der Waals surface area contributed by atoms with E-state index >= 15 is 0 Å². The van der Waals surface area contributed by atoms with Gasteiger partial charge in [0.2, 0.25) is 0 Å². The zero-order valence-electron chi connectivity index (χ0n) is 13.5. The number of benzene rings is 1. The van der Waals surface area contributed by atoms with Crippen LogP contribution in [0.3, 0.4) is 0 Å². The molecule has 0 bridgehead atoms. The summed E-state index contributed by atoms with van der Waals surface area (Å²) in [4.78, 5) is 13.0. The number of rotatable bonds is 4. The van der Waals surface area contributed by atoms with E-state index in [1.54, 1.807) is 23.5 Å². The van der Waals surface area contributed by atoms with Crippen molar-refractivity contribution in [2.24, 2.45) is 7.05 Å². The summed E-state index contributed by atoms with van der Waals surface area (Å²) in [5, 5.41) is 4.16. The molecular formula is C17H17N7. The molecule has 0 atom stereocenters. The summed E-state index contributed by atoms with van der Waals surface area (Å²) >= 11 is 0. The maximum atomic E-state index is 4.58. The molecule has 0 unspecified atom stereocenters. The van der Waals surface area contributed by atoms with E-state index in [-0.39, 0.29) is 0 Å². The van der Waals surface area contributed by atoms with Crippen molar-refractivity contribution in [3.8, 4) is 17.2 Å². The smallest absolute Gasteiger partial charge is 0.164 e. The number of nitrogens with zero attached hydrogens (tertiary/aromatic N) is 7. The molecule has 0 saturated heterocycles. The van der Waals surface area contributed by atoms with Crippen LogP contribution in [0.4, 0.5) is 0 Å². The van der Waals surface area contributed by atoms with Gasteiger partial charge in [-0.2, -0.15) is 5.10 Å². The molecule has 0 aliphatic heterocycles. The van der Waals surface area contributed by atoms with E-state index in [2.05, 4.69) is 38.2 Å². The first-order chi connectivity index (χ1) is 11.7.